The molecule has 0 unspecified atom stereocenters. The Hall–Kier alpha value is -4.00. The number of hydrogen-bond acceptors (Lipinski definition) is 4. The van der Waals surface area contributed by atoms with Crippen molar-refractivity contribution in [1.82, 2.24) is 4.90 Å². The number of aryl methyl sites for hydroxylation is 1. The van der Waals surface area contributed by atoms with E-state index in [2.05, 4.69) is 10.6 Å². The van der Waals surface area contributed by atoms with Gasteiger partial charge in [0.1, 0.15) is 0 Å². The second kappa shape index (κ2) is 11.0. The Morgan fingerprint density at radius 2 is 1.61 bits per heavy atom. The first-order chi connectivity index (χ1) is 15.9. The summed E-state index contributed by atoms with van der Waals surface area (Å²) in [5.74, 6) is 1.08. The lowest BCUT2D eigenvalue weighted by atomic mass is 10.1. The van der Waals surface area contributed by atoms with Crippen LogP contribution in [0.4, 0.5) is 16.2 Å². The van der Waals surface area contributed by atoms with E-state index in [0.29, 0.717) is 41.4 Å². The fourth-order valence-electron chi connectivity index (χ4n) is 3.27. The predicted octanol–water partition coefficient (Wildman–Crippen LogP) is 4.97. The van der Waals surface area contributed by atoms with Gasteiger partial charge in [-0.2, -0.15) is 0 Å². The Balaban J connectivity index is 1.62. The van der Waals surface area contributed by atoms with Crippen LogP contribution in [0.1, 0.15) is 21.5 Å². The highest BCUT2D eigenvalue weighted by Crippen LogP contribution is 2.27. The number of rotatable bonds is 8. The van der Waals surface area contributed by atoms with E-state index < -0.39 is 0 Å². The number of anilines is 2. The largest absolute Gasteiger partial charge is 0.493 e. The maximum absolute atomic E-state index is 12.8. The maximum Gasteiger partial charge on any atom is 0.321 e. The smallest absolute Gasteiger partial charge is 0.321 e. The van der Waals surface area contributed by atoms with Crippen molar-refractivity contribution >= 4 is 23.3 Å². The number of likely N-dealkylation sites (N-methyl/N-ethyl adjacent to an activating group) is 1. The van der Waals surface area contributed by atoms with Gasteiger partial charge in [-0.1, -0.05) is 30.3 Å². The van der Waals surface area contributed by atoms with E-state index in [0.717, 1.165) is 11.1 Å². The molecule has 0 spiro atoms. The molecule has 0 saturated heterocycles. The number of methoxy groups -OCH3 is 2. The normalized spacial score (nSPS) is 10.3. The number of carbonyl (C=O) groups is 2. The molecule has 0 aliphatic heterocycles. The van der Waals surface area contributed by atoms with E-state index in [9.17, 15) is 9.59 Å². The fraction of sp³-hybridized carbons (Fsp3) is 0.231. The zero-order chi connectivity index (χ0) is 23.8. The maximum atomic E-state index is 12.8. The van der Waals surface area contributed by atoms with Gasteiger partial charge in [0.05, 0.1) is 14.2 Å². The number of amides is 3. The number of benzene rings is 3. The minimum atomic E-state index is -0.251. The van der Waals surface area contributed by atoms with E-state index in [4.69, 9.17) is 9.47 Å². The number of carbonyl (C=O) groups excluding carboxylic acids is 2. The van der Waals surface area contributed by atoms with E-state index >= 15 is 0 Å². The first kappa shape index (κ1) is 23.7. The molecule has 0 aliphatic rings. The van der Waals surface area contributed by atoms with E-state index in [-0.39, 0.29) is 11.9 Å². The zero-order valence-electron chi connectivity index (χ0n) is 19.3. The molecule has 3 rings (SSSR count). The second-order valence-electron chi connectivity index (χ2n) is 7.64. The van der Waals surface area contributed by atoms with Gasteiger partial charge >= 0.3 is 6.03 Å². The van der Waals surface area contributed by atoms with Crippen LogP contribution in [0.25, 0.3) is 0 Å². The Morgan fingerprint density at radius 3 is 2.30 bits per heavy atom. The third kappa shape index (κ3) is 6.26. The van der Waals surface area contributed by atoms with Crippen LogP contribution in [0.15, 0.2) is 66.7 Å². The van der Waals surface area contributed by atoms with Crippen molar-refractivity contribution in [3.8, 4) is 11.5 Å². The Kier molecular flexibility index (Phi) is 7.91. The molecular weight excluding hydrogens is 418 g/mol. The highest BCUT2D eigenvalue weighted by Gasteiger charge is 2.14. The van der Waals surface area contributed by atoms with Gasteiger partial charge in [0, 0.05) is 30.5 Å². The van der Waals surface area contributed by atoms with Crippen molar-refractivity contribution in [2.75, 3.05) is 38.4 Å². The molecule has 3 aromatic rings. The van der Waals surface area contributed by atoms with E-state index in [1.54, 1.807) is 38.3 Å². The summed E-state index contributed by atoms with van der Waals surface area (Å²) < 4.78 is 10.6. The van der Waals surface area contributed by atoms with Crippen LogP contribution >= 0.6 is 0 Å². The summed E-state index contributed by atoms with van der Waals surface area (Å²) in [4.78, 5) is 27.0. The molecule has 0 saturated carbocycles. The molecule has 0 aromatic heterocycles. The standard InChI is InChI=1S/C26H29N3O4/c1-18-10-12-20(25(30)27-21-8-6-5-7-9-21)17-22(18)28-26(31)29(2)15-14-19-11-13-23(32-3)24(16-19)33-4/h5-13,16-17H,14-15H2,1-4H3,(H,27,30)(H,28,31). The quantitative estimate of drug-likeness (QED) is 0.511. The van der Waals surface area contributed by atoms with Crippen molar-refractivity contribution in [2.24, 2.45) is 0 Å². The van der Waals surface area contributed by atoms with Gasteiger partial charge in [-0.05, 0) is 60.9 Å². The molecule has 2 N–H and O–H groups in total. The summed E-state index contributed by atoms with van der Waals surface area (Å²) in [5, 5.41) is 5.76. The van der Waals surface area contributed by atoms with E-state index in [1.807, 2.05) is 61.5 Å². The minimum absolute atomic E-state index is 0.237. The Morgan fingerprint density at radius 1 is 0.879 bits per heavy atom. The summed E-state index contributed by atoms with van der Waals surface area (Å²) in [6, 6.07) is 19.9. The van der Waals surface area contributed by atoms with Gasteiger partial charge in [-0.15, -0.1) is 0 Å². The number of hydrogen-bond donors (Lipinski definition) is 2. The second-order valence-corrected chi connectivity index (χ2v) is 7.64. The van der Waals surface area contributed by atoms with Crippen LogP contribution in [0, 0.1) is 6.92 Å². The summed E-state index contributed by atoms with van der Waals surface area (Å²) >= 11 is 0. The molecule has 0 atom stereocenters. The fourth-order valence-corrected chi connectivity index (χ4v) is 3.27. The lowest BCUT2D eigenvalue weighted by Crippen LogP contribution is -2.33. The average molecular weight is 448 g/mol. The minimum Gasteiger partial charge on any atom is -0.493 e. The van der Waals surface area contributed by atoms with Gasteiger partial charge in [0.25, 0.3) is 5.91 Å². The molecule has 3 aromatic carbocycles. The molecule has 172 valence electrons. The van der Waals surface area contributed by atoms with Crippen molar-refractivity contribution in [3.05, 3.63) is 83.4 Å². The number of nitrogens with one attached hydrogen (secondary N) is 2. The highest BCUT2D eigenvalue weighted by molar-refractivity contribution is 6.05. The molecule has 7 nitrogen and oxygen atoms in total. The monoisotopic (exact) mass is 447 g/mol. The van der Waals surface area contributed by atoms with Crippen LogP contribution in [-0.2, 0) is 6.42 Å². The predicted molar refractivity (Wildman–Crippen MR) is 130 cm³/mol. The number of nitrogens with zero attached hydrogens (tertiary/aromatic N) is 1. The molecular formula is C26H29N3O4. The summed E-state index contributed by atoms with van der Waals surface area (Å²) in [7, 11) is 4.92. The average Bonchev–Trinajstić information content (AvgIpc) is 2.84. The van der Waals surface area contributed by atoms with Crippen LogP contribution in [0.5, 0.6) is 11.5 Å². The van der Waals surface area contributed by atoms with Crippen LogP contribution in [0.2, 0.25) is 0 Å². The number of urea groups is 1. The molecule has 0 bridgehead atoms. The summed E-state index contributed by atoms with van der Waals surface area (Å²) in [5.41, 5.74) is 3.67. The van der Waals surface area contributed by atoms with Crippen LogP contribution in [0.3, 0.4) is 0 Å². The zero-order valence-corrected chi connectivity index (χ0v) is 19.3. The molecule has 0 fully saturated rings. The molecule has 0 heterocycles. The highest BCUT2D eigenvalue weighted by atomic mass is 16.5. The molecule has 3 amide bonds. The van der Waals surface area contributed by atoms with Crippen molar-refractivity contribution in [3.63, 3.8) is 0 Å². The van der Waals surface area contributed by atoms with Gasteiger partial charge < -0.3 is 25.0 Å². The summed E-state index contributed by atoms with van der Waals surface area (Å²) in [6.45, 7) is 2.40. The molecule has 33 heavy (non-hydrogen) atoms. The topological polar surface area (TPSA) is 79.9 Å². The van der Waals surface area contributed by atoms with Crippen molar-refractivity contribution < 1.29 is 19.1 Å². The van der Waals surface area contributed by atoms with Gasteiger partial charge in [-0.25, -0.2) is 4.79 Å². The molecule has 0 aliphatic carbocycles. The SMILES string of the molecule is COc1ccc(CCN(C)C(=O)Nc2cc(C(=O)Nc3ccccc3)ccc2C)cc1OC. The third-order valence-electron chi connectivity index (χ3n) is 5.30. The molecule has 0 radical (unpaired) electrons. The van der Waals surface area contributed by atoms with Gasteiger partial charge in [-0.3, -0.25) is 4.79 Å². The Bertz CT molecular complexity index is 1120. The van der Waals surface area contributed by atoms with E-state index in [1.165, 1.54) is 0 Å². The van der Waals surface area contributed by atoms with Crippen molar-refractivity contribution in [2.45, 2.75) is 13.3 Å². The third-order valence-corrected chi connectivity index (χ3v) is 5.30. The van der Waals surface area contributed by atoms with Crippen molar-refractivity contribution in [1.29, 1.82) is 0 Å². The van der Waals surface area contributed by atoms with Crippen LogP contribution in [-0.4, -0.2) is 44.7 Å². The first-order valence-electron chi connectivity index (χ1n) is 10.6. The number of para-hydroxylation sites is 1. The van der Waals surface area contributed by atoms with Crippen LogP contribution < -0.4 is 20.1 Å². The van der Waals surface area contributed by atoms with Gasteiger partial charge in [0.15, 0.2) is 11.5 Å². The Labute approximate surface area is 194 Å². The van der Waals surface area contributed by atoms with Gasteiger partial charge in [0.2, 0.25) is 0 Å². The molecule has 7 heteroatoms. The lowest BCUT2D eigenvalue weighted by molar-refractivity contribution is 0.102. The first-order valence-corrected chi connectivity index (χ1v) is 10.6. The summed E-state index contributed by atoms with van der Waals surface area (Å²) in [6.07, 6.45) is 0.656. The lowest BCUT2D eigenvalue weighted by Gasteiger charge is -2.19. The number of ether oxygens (including phenoxy) is 2.